The lowest BCUT2D eigenvalue weighted by Crippen LogP contribution is -2.62. The van der Waals surface area contributed by atoms with Gasteiger partial charge in [0.2, 0.25) is 0 Å². The van der Waals surface area contributed by atoms with E-state index < -0.39 is 0 Å². The third kappa shape index (κ3) is 2.05. The van der Waals surface area contributed by atoms with Gasteiger partial charge in [-0.1, -0.05) is 19.3 Å². The molecule has 15 heavy (non-hydrogen) atoms. The van der Waals surface area contributed by atoms with E-state index in [2.05, 4.69) is 12.4 Å². The molecular formula is C12H24N2O. The van der Waals surface area contributed by atoms with E-state index in [4.69, 9.17) is 10.5 Å². The van der Waals surface area contributed by atoms with Gasteiger partial charge in [-0.3, -0.25) is 0 Å². The van der Waals surface area contributed by atoms with Crippen molar-refractivity contribution in [3.8, 4) is 0 Å². The van der Waals surface area contributed by atoms with Crippen molar-refractivity contribution >= 4 is 0 Å². The van der Waals surface area contributed by atoms with Crippen LogP contribution in [0.4, 0.5) is 0 Å². The third-order valence-electron chi connectivity index (χ3n) is 4.28. The van der Waals surface area contributed by atoms with Gasteiger partial charge in [0.05, 0.1) is 13.2 Å². The second-order valence-corrected chi connectivity index (χ2v) is 5.22. The summed E-state index contributed by atoms with van der Waals surface area (Å²) in [4.78, 5) is 0. The highest BCUT2D eigenvalue weighted by Gasteiger charge is 2.47. The van der Waals surface area contributed by atoms with Crippen molar-refractivity contribution in [2.45, 2.75) is 38.1 Å². The zero-order chi connectivity index (χ0) is 10.7. The summed E-state index contributed by atoms with van der Waals surface area (Å²) in [6.07, 6.45) is 6.94. The molecule has 0 aromatic rings. The van der Waals surface area contributed by atoms with Gasteiger partial charge < -0.3 is 15.8 Å². The molecular weight excluding hydrogens is 188 g/mol. The summed E-state index contributed by atoms with van der Waals surface area (Å²) in [6, 6.07) is 0.566. The number of nitrogens with one attached hydrogen (secondary N) is 1. The Morgan fingerprint density at radius 3 is 2.40 bits per heavy atom. The second-order valence-electron chi connectivity index (χ2n) is 5.22. The lowest BCUT2D eigenvalue weighted by Gasteiger charge is -2.50. The Balaban J connectivity index is 2.01. The third-order valence-corrected chi connectivity index (χ3v) is 4.28. The molecule has 2 fully saturated rings. The van der Waals surface area contributed by atoms with Gasteiger partial charge >= 0.3 is 0 Å². The SMILES string of the molecule is CNC(C1CCCCC1)C1(CN)COC1. The standard InChI is InChI=1S/C12H24N2O/c1-14-11(10-5-3-2-4-6-10)12(7-13)8-15-9-12/h10-11,14H,2-9,13H2,1H3. The fourth-order valence-electron chi connectivity index (χ4n) is 3.30. The Bertz CT molecular complexity index is 192. The fraction of sp³-hybridized carbons (Fsp3) is 1.00. The van der Waals surface area contributed by atoms with Crippen LogP contribution in [0.3, 0.4) is 0 Å². The van der Waals surface area contributed by atoms with Crippen LogP contribution in [0.5, 0.6) is 0 Å². The molecule has 1 aliphatic carbocycles. The van der Waals surface area contributed by atoms with Crippen molar-refractivity contribution in [3.05, 3.63) is 0 Å². The lowest BCUT2D eigenvalue weighted by atomic mass is 9.69. The van der Waals surface area contributed by atoms with E-state index in [9.17, 15) is 0 Å². The Morgan fingerprint density at radius 1 is 1.33 bits per heavy atom. The monoisotopic (exact) mass is 212 g/mol. The van der Waals surface area contributed by atoms with E-state index in [-0.39, 0.29) is 5.41 Å². The van der Waals surface area contributed by atoms with Crippen molar-refractivity contribution in [2.24, 2.45) is 17.1 Å². The van der Waals surface area contributed by atoms with Crippen LogP contribution < -0.4 is 11.1 Å². The number of nitrogens with two attached hydrogens (primary N) is 1. The molecule has 3 N–H and O–H groups in total. The van der Waals surface area contributed by atoms with Crippen LogP contribution in [-0.4, -0.2) is 32.8 Å². The van der Waals surface area contributed by atoms with Gasteiger partial charge in [-0.05, 0) is 25.8 Å². The zero-order valence-corrected chi connectivity index (χ0v) is 9.80. The maximum absolute atomic E-state index is 5.93. The maximum atomic E-state index is 5.93. The molecule has 1 atom stereocenters. The minimum absolute atomic E-state index is 0.233. The van der Waals surface area contributed by atoms with Gasteiger partial charge in [0.15, 0.2) is 0 Å². The van der Waals surface area contributed by atoms with Crippen molar-refractivity contribution < 1.29 is 4.74 Å². The van der Waals surface area contributed by atoms with E-state index in [1.807, 2.05) is 0 Å². The van der Waals surface area contributed by atoms with Crippen molar-refractivity contribution in [1.82, 2.24) is 5.32 Å². The average molecular weight is 212 g/mol. The Labute approximate surface area is 92.7 Å². The maximum Gasteiger partial charge on any atom is 0.0572 e. The molecule has 0 amide bonds. The van der Waals surface area contributed by atoms with E-state index in [0.717, 1.165) is 25.7 Å². The van der Waals surface area contributed by atoms with Crippen LogP contribution in [0.1, 0.15) is 32.1 Å². The van der Waals surface area contributed by atoms with Crippen LogP contribution in [0.2, 0.25) is 0 Å². The summed E-state index contributed by atoms with van der Waals surface area (Å²) < 4.78 is 5.38. The predicted molar refractivity (Wildman–Crippen MR) is 61.7 cm³/mol. The summed E-state index contributed by atoms with van der Waals surface area (Å²) in [7, 11) is 2.08. The molecule has 1 unspecified atom stereocenters. The minimum atomic E-state index is 0.233. The summed E-state index contributed by atoms with van der Waals surface area (Å²) in [5, 5.41) is 3.51. The number of rotatable bonds is 4. The number of hydrogen-bond donors (Lipinski definition) is 2. The van der Waals surface area contributed by atoms with E-state index in [1.165, 1.54) is 32.1 Å². The average Bonchev–Trinajstić information content (AvgIpc) is 2.24. The van der Waals surface area contributed by atoms with Gasteiger partial charge in [-0.25, -0.2) is 0 Å². The first-order valence-corrected chi connectivity index (χ1v) is 6.27. The smallest absolute Gasteiger partial charge is 0.0572 e. The second kappa shape index (κ2) is 4.81. The quantitative estimate of drug-likeness (QED) is 0.734. The molecule has 0 radical (unpaired) electrons. The van der Waals surface area contributed by atoms with Gasteiger partial charge in [0.25, 0.3) is 0 Å². The molecule has 2 rings (SSSR count). The predicted octanol–water partition coefficient (Wildman–Crippen LogP) is 1.13. The normalized spacial score (nSPS) is 28.4. The van der Waals surface area contributed by atoms with Crippen LogP contribution in [0, 0.1) is 11.3 Å². The highest BCUT2D eigenvalue weighted by Crippen LogP contribution is 2.39. The first kappa shape index (κ1) is 11.4. The van der Waals surface area contributed by atoms with Crippen LogP contribution >= 0.6 is 0 Å². The number of hydrogen-bond acceptors (Lipinski definition) is 3. The molecule has 3 heteroatoms. The molecule has 1 aliphatic heterocycles. The molecule has 0 aromatic carbocycles. The summed E-state index contributed by atoms with van der Waals surface area (Å²) in [5.41, 5.74) is 6.16. The zero-order valence-electron chi connectivity index (χ0n) is 9.80. The van der Waals surface area contributed by atoms with Gasteiger partial charge in [-0.2, -0.15) is 0 Å². The highest BCUT2D eigenvalue weighted by atomic mass is 16.5. The highest BCUT2D eigenvalue weighted by molar-refractivity contribution is 5.00. The molecule has 88 valence electrons. The molecule has 3 nitrogen and oxygen atoms in total. The first-order valence-electron chi connectivity index (χ1n) is 6.27. The van der Waals surface area contributed by atoms with Gasteiger partial charge in [0, 0.05) is 18.0 Å². The largest absolute Gasteiger partial charge is 0.380 e. The Hall–Kier alpha value is -0.120. The van der Waals surface area contributed by atoms with Crippen LogP contribution in [0.15, 0.2) is 0 Å². The Kier molecular flexibility index (Phi) is 3.65. The van der Waals surface area contributed by atoms with Gasteiger partial charge in [0.1, 0.15) is 0 Å². The molecule has 1 heterocycles. The van der Waals surface area contributed by atoms with E-state index in [0.29, 0.717) is 6.04 Å². The fourth-order valence-corrected chi connectivity index (χ4v) is 3.30. The summed E-state index contributed by atoms with van der Waals surface area (Å²) in [6.45, 7) is 2.46. The van der Waals surface area contributed by atoms with Crippen LogP contribution in [0.25, 0.3) is 0 Å². The Morgan fingerprint density at radius 2 is 2.00 bits per heavy atom. The van der Waals surface area contributed by atoms with Crippen molar-refractivity contribution in [2.75, 3.05) is 26.8 Å². The van der Waals surface area contributed by atoms with E-state index >= 15 is 0 Å². The van der Waals surface area contributed by atoms with Crippen molar-refractivity contribution in [1.29, 1.82) is 0 Å². The summed E-state index contributed by atoms with van der Waals surface area (Å²) >= 11 is 0. The molecule has 1 saturated carbocycles. The topological polar surface area (TPSA) is 47.3 Å². The number of ether oxygens (including phenoxy) is 1. The minimum Gasteiger partial charge on any atom is -0.380 e. The van der Waals surface area contributed by atoms with E-state index in [1.54, 1.807) is 0 Å². The molecule has 0 aromatic heterocycles. The van der Waals surface area contributed by atoms with Gasteiger partial charge in [-0.15, -0.1) is 0 Å². The summed E-state index contributed by atoms with van der Waals surface area (Å²) in [5.74, 6) is 0.816. The molecule has 0 bridgehead atoms. The van der Waals surface area contributed by atoms with Crippen molar-refractivity contribution in [3.63, 3.8) is 0 Å². The molecule has 2 aliphatic rings. The molecule has 0 spiro atoms. The lowest BCUT2D eigenvalue weighted by molar-refractivity contribution is -0.137. The van der Waals surface area contributed by atoms with Crippen LogP contribution in [-0.2, 0) is 4.74 Å². The molecule has 1 saturated heterocycles. The first-order chi connectivity index (χ1) is 7.32.